The van der Waals surface area contributed by atoms with Gasteiger partial charge in [-0.2, -0.15) is 0 Å². The molecule has 3 aromatic carbocycles. The smallest absolute Gasteiger partial charge is 0.270 e. The minimum Gasteiger partial charge on any atom is -0.488 e. The van der Waals surface area contributed by atoms with Gasteiger partial charge in [0.2, 0.25) is 0 Å². The van der Waals surface area contributed by atoms with E-state index in [-0.39, 0.29) is 10.7 Å². The van der Waals surface area contributed by atoms with Gasteiger partial charge in [0.05, 0.1) is 5.69 Å². The first kappa shape index (κ1) is 22.2. The molecule has 0 atom stereocenters. The van der Waals surface area contributed by atoms with E-state index in [4.69, 9.17) is 28.6 Å². The van der Waals surface area contributed by atoms with E-state index in [1.807, 2.05) is 30.3 Å². The van der Waals surface area contributed by atoms with Crippen LogP contribution in [-0.4, -0.2) is 16.9 Å². The number of amides is 2. The number of carbonyl (C=O) groups excluding carboxylic acids is 2. The summed E-state index contributed by atoms with van der Waals surface area (Å²) in [6.07, 6.45) is 1.47. The zero-order valence-corrected chi connectivity index (χ0v) is 19.7. The Morgan fingerprint density at radius 3 is 2.47 bits per heavy atom. The molecule has 3 aromatic rings. The fourth-order valence-electron chi connectivity index (χ4n) is 3.13. The summed E-state index contributed by atoms with van der Waals surface area (Å²) in [4.78, 5) is 27.1. The molecular formula is C24H16BrClN2O3S. The average molecular weight is 528 g/mol. The minimum atomic E-state index is -0.578. The molecule has 160 valence electrons. The first-order valence-corrected chi connectivity index (χ1v) is 11.1. The van der Waals surface area contributed by atoms with Crippen LogP contribution < -0.4 is 15.0 Å². The quantitative estimate of drug-likeness (QED) is 0.270. The predicted molar refractivity (Wildman–Crippen MR) is 133 cm³/mol. The maximum absolute atomic E-state index is 13.2. The second-order valence-electron chi connectivity index (χ2n) is 6.89. The summed E-state index contributed by atoms with van der Waals surface area (Å²) in [6.45, 7) is 0.311. The second-order valence-corrected chi connectivity index (χ2v) is 8.63. The van der Waals surface area contributed by atoms with Gasteiger partial charge in [0.25, 0.3) is 11.8 Å². The molecule has 4 rings (SSSR count). The van der Waals surface area contributed by atoms with E-state index >= 15 is 0 Å². The molecule has 32 heavy (non-hydrogen) atoms. The Labute approximate surface area is 203 Å². The molecule has 1 aliphatic heterocycles. The highest BCUT2D eigenvalue weighted by molar-refractivity contribution is 9.10. The van der Waals surface area contributed by atoms with Gasteiger partial charge >= 0.3 is 0 Å². The number of ether oxygens (including phenoxy) is 1. The summed E-state index contributed by atoms with van der Waals surface area (Å²) in [5, 5.41) is 3.06. The normalized spacial score (nSPS) is 15.1. The largest absolute Gasteiger partial charge is 0.488 e. The summed E-state index contributed by atoms with van der Waals surface area (Å²) in [6, 6.07) is 21.7. The van der Waals surface area contributed by atoms with Gasteiger partial charge in [-0.05, 0) is 66.3 Å². The standard InChI is InChI=1S/C24H16BrClN2O3S/c25-17-8-6-15(7-9-17)14-31-21-11-10-18(26)12-16(21)13-20-22(29)27-24(32)28(23(20)30)19-4-2-1-3-5-19/h1-13H,14H2,(H,27,29,32)/b20-13-. The summed E-state index contributed by atoms with van der Waals surface area (Å²) in [5.41, 5.74) is 1.96. The number of rotatable bonds is 5. The van der Waals surface area contributed by atoms with Crippen LogP contribution in [0.4, 0.5) is 5.69 Å². The van der Waals surface area contributed by atoms with Crippen molar-refractivity contribution in [3.8, 4) is 5.75 Å². The van der Waals surface area contributed by atoms with Crippen molar-refractivity contribution in [2.75, 3.05) is 4.90 Å². The maximum atomic E-state index is 13.2. The van der Waals surface area contributed by atoms with E-state index in [0.29, 0.717) is 28.6 Å². The first-order chi connectivity index (χ1) is 15.4. The Hall–Kier alpha value is -3.00. The van der Waals surface area contributed by atoms with E-state index in [2.05, 4.69) is 21.2 Å². The van der Waals surface area contributed by atoms with Crippen molar-refractivity contribution in [3.05, 3.63) is 99.0 Å². The molecular weight excluding hydrogens is 512 g/mol. The van der Waals surface area contributed by atoms with Crippen molar-refractivity contribution in [1.29, 1.82) is 0 Å². The molecule has 2 amide bonds. The molecule has 1 fully saturated rings. The van der Waals surface area contributed by atoms with Crippen LogP contribution in [-0.2, 0) is 16.2 Å². The molecule has 0 radical (unpaired) electrons. The molecule has 0 bridgehead atoms. The van der Waals surface area contributed by atoms with Gasteiger partial charge in [0.1, 0.15) is 17.9 Å². The summed E-state index contributed by atoms with van der Waals surface area (Å²) in [5.74, 6) is -0.611. The highest BCUT2D eigenvalue weighted by atomic mass is 79.9. The Kier molecular flexibility index (Phi) is 6.69. The molecule has 0 spiro atoms. The number of carbonyl (C=O) groups is 2. The third-order valence-corrected chi connectivity index (χ3v) is 5.74. The number of anilines is 1. The van der Waals surface area contributed by atoms with Gasteiger partial charge in [-0.1, -0.05) is 57.9 Å². The number of nitrogens with zero attached hydrogens (tertiary/aromatic N) is 1. The Bertz CT molecular complexity index is 1230. The van der Waals surface area contributed by atoms with E-state index in [1.165, 1.54) is 11.0 Å². The van der Waals surface area contributed by atoms with Crippen LogP contribution in [0.5, 0.6) is 5.75 Å². The van der Waals surface area contributed by atoms with Gasteiger partial charge in [-0.15, -0.1) is 0 Å². The summed E-state index contributed by atoms with van der Waals surface area (Å²) < 4.78 is 6.93. The van der Waals surface area contributed by atoms with E-state index in [9.17, 15) is 9.59 Å². The lowest BCUT2D eigenvalue weighted by atomic mass is 10.1. The van der Waals surface area contributed by atoms with Crippen molar-refractivity contribution < 1.29 is 14.3 Å². The molecule has 1 aliphatic rings. The highest BCUT2D eigenvalue weighted by Crippen LogP contribution is 2.28. The maximum Gasteiger partial charge on any atom is 0.270 e. The lowest BCUT2D eigenvalue weighted by molar-refractivity contribution is -0.122. The van der Waals surface area contributed by atoms with Gasteiger partial charge < -0.3 is 4.74 Å². The lowest BCUT2D eigenvalue weighted by Gasteiger charge is -2.29. The SMILES string of the molecule is O=C1NC(=S)N(c2ccccc2)C(=O)/C1=C\c1cc(Cl)ccc1OCc1ccc(Br)cc1. The summed E-state index contributed by atoms with van der Waals surface area (Å²) in [7, 11) is 0. The topological polar surface area (TPSA) is 58.6 Å². The highest BCUT2D eigenvalue weighted by Gasteiger charge is 2.34. The molecule has 8 heteroatoms. The summed E-state index contributed by atoms with van der Waals surface area (Å²) >= 11 is 14.8. The molecule has 0 unspecified atom stereocenters. The number of hydrogen-bond donors (Lipinski definition) is 1. The van der Waals surface area contributed by atoms with Crippen LogP contribution in [0.2, 0.25) is 5.02 Å². The zero-order chi connectivity index (χ0) is 22.7. The monoisotopic (exact) mass is 526 g/mol. The molecule has 0 aromatic heterocycles. The van der Waals surface area contributed by atoms with Crippen LogP contribution >= 0.6 is 39.7 Å². The van der Waals surface area contributed by atoms with E-state index in [0.717, 1.165) is 10.0 Å². The Morgan fingerprint density at radius 1 is 1.03 bits per heavy atom. The molecule has 0 saturated carbocycles. The van der Waals surface area contributed by atoms with Gasteiger partial charge in [0.15, 0.2) is 5.11 Å². The van der Waals surface area contributed by atoms with Gasteiger partial charge in [-0.25, -0.2) is 0 Å². The molecule has 5 nitrogen and oxygen atoms in total. The lowest BCUT2D eigenvalue weighted by Crippen LogP contribution is -2.54. The fraction of sp³-hybridized carbons (Fsp3) is 0.0417. The first-order valence-electron chi connectivity index (χ1n) is 9.55. The fourth-order valence-corrected chi connectivity index (χ4v) is 3.86. The van der Waals surface area contributed by atoms with E-state index in [1.54, 1.807) is 42.5 Å². The Morgan fingerprint density at radius 2 is 1.75 bits per heavy atom. The van der Waals surface area contributed by atoms with Gasteiger partial charge in [0, 0.05) is 15.1 Å². The third kappa shape index (κ3) is 4.91. The van der Waals surface area contributed by atoms with Crippen molar-refractivity contribution in [1.82, 2.24) is 5.32 Å². The van der Waals surface area contributed by atoms with Crippen LogP contribution in [0.25, 0.3) is 6.08 Å². The average Bonchev–Trinajstić information content (AvgIpc) is 2.78. The van der Waals surface area contributed by atoms with Crippen molar-refractivity contribution in [3.63, 3.8) is 0 Å². The second kappa shape index (κ2) is 9.65. The molecule has 1 heterocycles. The predicted octanol–water partition coefficient (Wildman–Crippen LogP) is 5.51. The molecule has 1 saturated heterocycles. The minimum absolute atomic E-state index is 0.0288. The van der Waals surface area contributed by atoms with Gasteiger partial charge in [-0.3, -0.25) is 19.8 Å². The number of thiocarbonyl (C=S) groups is 1. The van der Waals surface area contributed by atoms with Crippen LogP contribution in [0.15, 0.2) is 82.8 Å². The van der Waals surface area contributed by atoms with Crippen LogP contribution in [0.1, 0.15) is 11.1 Å². The number of halogens is 2. The number of nitrogens with one attached hydrogen (secondary N) is 1. The van der Waals surface area contributed by atoms with E-state index < -0.39 is 11.8 Å². The van der Waals surface area contributed by atoms with Crippen LogP contribution in [0.3, 0.4) is 0 Å². The van der Waals surface area contributed by atoms with Crippen molar-refractivity contribution in [2.24, 2.45) is 0 Å². The number of hydrogen-bond acceptors (Lipinski definition) is 4. The zero-order valence-electron chi connectivity index (χ0n) is 16.5. The molecule has 1 N–H and O–H groups in total. The Balaban J connectivity index is 1.66. The third-order valence-electron chi connectivity index (χ3n) is 4.70. The molecule has 0 aliphatic carbocycles. The number of para-hydroxylation sites is 1. The van der Waals surface area contributed by atoms with Crippen LogP contribution in [0, 0.1) is 0 Å². The van der Waals surface area contributed by atoms with Crippen molar-refractivity contribution in [2.45, 2.75) is 6.61 Å². The van der Waals surface area contributed by atoms with Crippen molar-refractivity contribution >= 4 is 68.4 Å². The number of benzene rings is 3.